The lowest BCUT2D eigenvalue weighted by Crippen LogP contribution is -2.43. The van der Waals surface area contributed by atoms with Crippen molar-refractivity contribution in [2.75, 3.05) is 6.61 Å². The third-order valence-electron chi connectivity index (χ3n) is 6.19. The Morgan fingerprint density at radius 1 is 0.833 bits per heavy atom. The van der Waals surface area contributed by atoms with Crippen LogP contribution in [0.2, 0.25) is 10.0 Å². The molecule has 0 aromatic carbocycles. The van der Waals surface area contributed by atoms with Crippen molar-refractivity contribution in [2.45, 2.75) is 32.7 Å². The van der Waals surface area contributed by atoms with Gasteiger partial charge in [0.05, 0.1) is 28.8 Å². The largest absolute Gasteiger partial charge is 0.475 e. The number of fused-ring (bicyclic) bond motifs is 2. The van der Waals surface area contributed by atoms with E-state index in [-0.39, 0.29) is 5.02 Å². The summed E-state index contributed by atoms with van der Waals surface area (Å²) in [6, 6.07) is 10.6. The monoisotopic (exact) mass is 607 g/mol. The van der Waals surface area contributed by atoms with Crippen molar-refractivity contribution in [1.29, 1.82) is 0 Å². The predicted octanol–water partition coefficient (Wildman–Crippen LogP) is 6.17. The van der Waals surface area contributed by atoms with Crippen molar-refractivity contribution in [3.8, 4) is 28.4 Å². The molecular weight excluding hydrogens is 580 g/mol. The molecule has 0 unspecified atom stereocenters. The molecule has 0 spiro atoms. The fourth-order valence-electron chi connectivity index (χ4n) is 4.56. The summed E-state index contributed by atoms with van der Waals surface area (Å²) in [5.74, 6) is 0.199. The number of aromatic nitrogens is 8. The van der Waals surface area contributed by atoms with E-state index in [1.807, 2.05) is 25.1 Å². The molecule has 6 heterocycles. The van der Waals surface area contributed by atoms with Crippen LogP contribution in [0.4, 0.5) is 4.39 Å². The van der Waals surface area contributed by atoms with Crippen molar-refractivity contribution < 1.29 is 9.13 Å². The Labute approximate surface area is 251 Å². The zero-order valence-corrected chi connectivity index (χ0v) is 24.6. The second-order valence-electron chi connectivity index (χ2n) is 10.4. The second-order valence-corrected chi connectivity index (χ2v) is 11.2. The molecule has 1 atom stereocenters. The van der Waals surface area contributed by atoms with E-state index >= 15 is 0 Å². The number of pyridine rings is 2. The van der Waals surface area contributed by atoms with Gasteiger partial charge in [-0.2, -0.15) is 14.6 Å². The first kappa shape index (κ1) is 29.3. The number of ether oxygens (including phenoxy) is 1. The standard InChI is InChI=1S/C18H22ClN5O.C11H6ClFN4/c1-12(2)9-18(3,20)11-25-17-14(19)8-13(10-22-17)15-4-6-21-16-5-7-23-24(15)16;12-8-5-7(6-15-11(8)13)9-1-3-14-10-2-4-16-17(9)10/h4-8,10,12H,9,11,20H2,1-3H3;1-6H/t18-;/m0./s1. The Hall–Kier alpha value is -4.19. The molecule has 13 heteroatoms. The zero-order chi connectivity index (χ0) is 29.9. The maximum absolute atomic E-state index is 13.0. The lowest BCUT2D eigenvalue weighted by atomic mass is 9.93. The number of nitrogens with two attached hydrogens (primary N) is 1. The van der Waals surface area contributed by atoms with Crippen LogP contribution in [0.5, 0.6) is 5.88 Å². The Bertz CT molecular complexity index is 1840. The molecule has 0 saturated carbocycles. The van der Waals surface area contributed by atoms with Crippen LogP contribution in [0.15, 0.2) is 73.6 Å². The third-order valence-corrected chi connectivity index (χ3v) is 6.72. The summed E-state index contributed by atoms with van der Waals surface area (Å²) in [5, 5.41) is 8.84. The number of hydrogen-bond donors (Lipinski definition) is 1. The van der Waals surface area contributed by atoms with Gasteiger partial charge in [0.15, 0.2) is 11.3 Å². The minimum Gasteiger partial charge on any atom is -0.475 e. The zero-order valence-electron chi connectivity index (χ0n) is 23.1. The van der Waals surface area contributed by atoms with Crippen LogP contribution in [-0.4, -0.2) is 51.3 Å². The number of rotatable bonds is 7. The molecule has 0 radical (unpaired) electrons. The highest BCUT2D eigenvalue weighted by Gasteiger charge is 2.22. The van der Waals surface area contributed by atoms with Gasteiger partial charge in [0, 0.05) is 53.6 Å². The smallest absolute Gasteiger partial charge is 0.232 e. The number of hydrogen-bond acceptors (Lipinski definition) is 8. The molecule has 0 aliphatic rings. The lowest BCUT2D eigenvalue weighted by Gasteiger charge is -2.26. The fourth-order valence-corrected chi connectivity index (χ4v) is 4.95. The van der Waals surface area contributed by atoms with E-state index < -0.39 is 11.5 Å². The van der Waals surface area contributed by atoms with E-state index in [1.165, 1.54) is 12.3 Å². The lowest BCUT2D eigenvalue weighted by molar-refractivity contribution is 0.201. The van der Waals surface area contributed by atoms with Crippen LogP contribution in [-0.2, 0) is 0 Å². The Kier molecular flexibility index (Phi) is 8.62. The van der Waals surface area contributed by atoms with E-state index in [0.29, 0.717) is 34.6 Å². The van der Waals surface area contributed by atoms with Crippen LogP contribution in [0.25, 0.3) is 33.8 Å². The summed E-state index contributed by atoms with van der Waals surface area (Å²) >= 11 is 12.1. The minimum absolute atomic E-state index is 0.0142. The molecular formula is C29H28Cl2FN9O. The van der Waals surface area contributed by atoms with Crippen LogP contribution < -0.4 is 10.5 Å². The van der Waals surface area contributed by atoms with E-state index in [1.54, 1.807) is 52.1 Å². The second kappa shape index (κ2) is 12.4. The average Bonchev–Trinajstić information content (AvgIpc) is 3.63. The molecule has 0 aliphatic heterocycles. The predicted molar refractivity (Wildman–Crippen MR) is 160 cm³/mol. The molecule has 0 bridgehead atoms. The molecule has 0 fully saturated rings. The van der Waals surface area contributed by atoms with Gasteiger partial charge in [0.2, 0.25) is 11.8 Å². The van der Waals surface area contributed by atoms with Gasteiger partial charge in [-0.3, -0.25) is 0 Å². The molecule has 0 amide bonds. The van der Waals surface area contributed by atoms with Crippen molar-refractivity contribution >= 4 is 34.5 Å². The maximum atomic E-state index is 13.0. The summed E-state index contributed by atoms with van der Waals surface area (Å²) < 4.78 is 22.1. The first-order valence-electron chi connectivity index (χ1n) is 13.1. The topological polar surface area (TPSA) is 121 Å². The Morgan fingerprint density at radius 2 is 1.38 bits per heavy atom. The fraction of sp³-hybridized carbons (Fsp3) is 0.241. The highest BCUT2D eigenvalue weighted by Crippen LogP contribution is 2.29. The van der Waals surface area contributed by atoms with Crippen molar-refractivity contribution in [1.82, 2.24) is 39.2 Å². The van der Waals surface area contributed by atoms with E-state index in [4.69, 9.17) is 33.7 Å². The summed E-state index contributed by atoms with van der Waals surface area (Å²) in [6.07, 6.45) is 10.7. The van der Waals surface area contributed by atoms with Gasteiger partial charge in [0.25, 0.3) is 0 Å². The van der Waals surface area contributed by atoms with Crippen LogP contribution in [0.3, 0.4) is 0 Å². The van der Waals surface area contributed by atoms with Gasteiger partial charge in [0.1, 0.15) is 11.6 Å². The first-order valence-corrected chi connectivity index (χ1v) is 13.8. The minimum atomic E-state index is -0.679. The number of halogens is 3. The van der Waals surface area contributed by atoms with E-state index in [9.17, 15) is 4.39 Å². The van der Waals surface area contributed by atoms with Gasteiger partial charge in [-0.05, 0) is 43.5 Å². The van der Waals surface area contributed by atoms with Crippen LogP contribution in [0, 0.1) is 11.9 Å². The van der Waals surface area contributed by atoms with Crippen molar-refractivity contribution in [3.63, 3.8) is 0 Å². The van der Waals surface area contributed by atoms with Crippen LogP contribution in [0.1, 0.15) is 27.2 Å². The van der Waals surface area contributed by atoms with Gasteiger partial charge in [-0.25, -0.2) is 29.0 Å². The SMILES string of the molecule is CC(C)C[C@](C)(N)COc1ncc(-c2ccnc3ccnn23)cc1Cl.Fc1ncc(-c2ccnc3ccnn23)cc1Cl. The maximum Gasteiger partial charge on any atom is 0.232 e. The third kappa shape index (κ3) is 6.64. The van der Waals surface area contributed by atoms with Gasteiger partial charge in [-0.15, -0.1) is 0 Å². The summed E-state index contributed by atoms with van der Waals surface area (Å²) in [5.41, 5.74) is 10.5. The van der Waals surface area contributed by atoms with Crippen molar-refractivity contribution in [3.05, 3.63) is 89.6 Å². The average molecular weight is 609 g/mol. The molecule has 10 nitrogen and oxygen atoms in total. The normalized spacial score (nSPS) is 12.8. The molecule has 6 aromatic rings. The Balaban J connectivity index is 0.000000180. The Morgan fingerprint density at radius 3 is 1.90 bits per heavy atom. The van der Waals surface area contributed by atoms with Crippen molar-refractivity contribution in [2.24, 2.45) is 11.7 Å². The molecule has 0 saturated heterocycles. The molecule has 0 aliphatic carbocycles. The van der Waals surface area contributed by atoms with Gasteiger partial charge >= 0.3 is 0 Å². The molecule has 42 heavy (non-hydrogen) atoms. The summed E-state index contributed by atoms with van der Waals surface area (Å²) in [4.78, 5) is 16.3. The molecule has 216 valence electrons. The molecule has 2 N–H and O–H groups in total. The highest BCUT2D eigenvalue weighted by molar-refractivity contribution is 6.32. The van der Waals surface area contributed by atoms with Gasteiger partial charge < -0.3 is 10.5 Å². The summed E-state index contributed by atoms with van der Waals surface area (Å²) in [6.45, 7) is 6.60. The molecule has 6 aromatic heterocycles. The van der Waals surface area contributed by atoms with Gasteiger partial charge in [-0.1, -0.05) is 37.0 Å². The van der Waals surface area contributed by atoms with E-state index in [0.717, 1.165) is 29.0 Å². The summed E-state index contributed by atoms with van der Waals surface area (Å²) in [7, 11) is 0. The van der Waals surface area contributed by atoms with E-state index in [2.05, 4.69) is 44.0 Å². The number of nitrogens with zero attached hydrogens (tertiary/aromatic N) is 8. The first-order chi connectivity index (χ1) is 20.1. The van der Waals surface area contributed by atoms with Crippen LogP contribution >= 0.6 is 23.2 Å². The highest BCUT2D eigenvalue weighted by atomic mass is 35.5. The molecule has 6 rings (SSSR count). The quantitative estimate of drug-likeness (QED) is 0.214.